The van der Waals surface area contributed by atoms with Crippen LogP contribution in [0.5, 0.6) is 11.5 Å². The molecule has 0 radical (unpaired) electrons. The number of ether oxygens (including phenoxy) is 2. The van der Waals surface area contributed by atoms with Crippen LogP contribution in [-0.4, -0.2) is 88.1 Å². The van der Waals surface area contributed by atoms with E-state index in [1.807, 2.05) is 57.2 Å². The van der Waals surface area contributed by atoms with Crippen molar-refractivity contribution in [3.05, 3.63) is 97.9 Å². The van der Waals surface area contributed by atoms with Crippen molar-refractivity contribution in [3.8, 4) is 17.6 Å². The van der Waals surface area contributed by atoms with Crippen LogP contribution in [0.3, 0.4) is 0 Å². The Morgan fingerprint density at radius 3 is 1.95 bits per heavy atom. The Bertz CT molecular complexity index is 2570. The maximum atomic E-state index is 12.1. The highest BCUT2D eigenvalue weighted by molar-refractivity contribution is 9.10. The third-order valence-electron chi connectivity index (χ3n) is 11.3. The summed E-state index contributed by atoms with van der Waals surface area (Å²) in [5.74, 6) is 0.179. The fraction of sp³-hybridized carbons (Fsp3) is 0.409. The summed E-state index contributed by atoms with van der Waals surface area (Å²) in [4.78, 5) is 26.7. The summed E-state index contributed by atoms with van der Waals surface area (Å²) < 4.78 is 26.1. The van der Waals surface area contributed by atoms with Gasteiger partial charge in [0.2, 0.25) is 6.04 Å². The quantitative estimate of drug-likeness (QED) is 0.0991. The number of nitrogens with one attached hydrogen (secondary N) is 1. The Balaban J connectivity index is 0.000000178. The lowest BCUT2D eigenvalue weighted by Crippen LogP contribution is -2.34. The monoisotopic (exact) mass is 950 g/mol. The highest BCUT2D eigenvalue weighted by atomic mass is 79.9. The third-order valence-corrected chi connectivity index (χ3v) is 11.8. The zero-order valence-electron chi connectivity index (χ0n) is 37.1. The molecular weight excluding hydrogens is 898 g/mol. The number of hydrogen-bond donors (Lipinski definition) is 6. The molecule has 2 aromatic carbocycles. The molecule has 6 heterocycles. The standard InChI is InChI=1S/C22H26BN5O4.C12H14BBrO2.C10H13N5O2/c1-22(2,3)19-9-14-8-15(4-5-18(14)32-23(19)30)26-21-16(20(25)29)11-28(27-21)17-12-31-7-6-13(17)10-24;1-12(2,3)11-7-8-6-9(14)4-5-10(8)16-13(11)15;1-13-7-2-3-17-5-8(7)15-4-6(10(12)16)9(11)14-15/h4-5,8-9,11,13,17,30H,6-7,12H2,1-3H3,(H2,25,29)(H,26,27);4-7,15H,1-3H3;4,7-8H,2-3,5H2,(H2,11,14)(H2,12,16)/t13-,17?;;7-,8?/m1.0/s1. The second-order valence-electron chi connectivity index (χ2n) is 18.0. The van der Waals surface area contributed by atoms with Gasteiger partial charge in [0, 0.05) is 46.7 Å². The number of anilines is 3. The minimum absolute atomic E-state index is 0.0896. The van der Waals surface area contributed by atoms with E-state index >= 15 is 0 Å². The summed E-state index contributed by atoms with van der Waals surface area (Å²) >= 11 is 3.43. The molecular formula is C44H53B2BrN10O8. The number of carbonyl (C=O) groups excluding carboxylic acids is 2. The topological polar surface area (TPSA) is 265 Å². The SMILES string of the molecule is CC(C)(C)C1=Cc2cc(Br)ccc2OB1O.CC(C)(C)C1=Cc2cc(Nc3nn(C4COCC[C@@H]4C#N)cc3C(N)=O)ccc2OB1O.[C-]#[N+][C@H]1CCOCC1n1cc(C(N)=O)c(N)n1. The fourth-order valence-corrected chi connectivity index (χ4v) is 7.97. The van der Waals surface area contributed by atoms with Gasteiger partial charge in [-0.25, -0.2) is 6.57 Å². The highest BCUT2D eigenvalue weighted by Gasteiger charge is 2.37. The Labute approximate surface area is 386 Å². The van der Waals surface area contributed by atoms with Crippen molar-refractivity contribution in [1.82, 2.24) is 19.6 Å². The van der Waals surface area contributed by atoms with Crippen LogP contribution in [0.15, 0.2) is 64.2 Å². The summed E-state index contributed by atoms with van der Waals surface area (Å²) in [5, 5.41) is 41.4. The molecule has 340 valence electrons. The maximum Gasteiger partial charge on any atom is 0.556 e. The van der Waals surface area contributed by atoms with Crippen LogP contribution >= 0.6 is 15.9 Å². The summed E-state index contributed by atoms with van der Waals surface area (Å²) in [6.07, 6.45) is 8.22. The first-order valence-corrected chi connectivity index (χ1v) is 21.8. The van der Waals surface area contributed by atoms with Gasteiger partial charge >= 0.3 is 14.2 Å². The first kappa shape index (κ1) is 48.4. The molecule has 18 nitrogen and oxygen atoms in total. The van der Waals surface area contributed by atoms with Gasteiger partial charge in [0.05, 0.1) is 37.8 Å². The van der Waals surface area contributed by atoms with Gasteiger partial charge in [0.15, 0.2) is 11.6 Å². The molecule has 0 saturated carbocycles. The lowest BCUT2D eigenvalue weighted by molar-refractivity contribution is 0.0342. The van der Waals surface area contributed by atoms with Crippen LogP contribution in [0.4, 0.5) is 17.3 Å². The normalized spacial score (nSPS) is 20.2. The van der Waals surface area contributed by atoms with Crippen LogP contribution in [0.2, 0.25) is 0 Å². The Hall–Kier alpha value is -6.09. The van der Waals surface area contributed by atoms with Gasteiger partial charge in [-0.1, -0.05) is 69.6 Å². The van der Waals surface area contributed by atoms with Crippen LogP contribution in [0, 0.1) is 34.7 Å². The number of carbonyl (C=O) groups is 2. The molecule has 4 aromatic rings. The molecule has 2 fully saturated rings. The van der Waals surface area contributed by atoms with Crippen LogP contribution in [0.1, 0.15) is 98.3 Å². The van der Waals surface area contributed by atoms with Crippen LogP contribution in [0.25, 0.3) is 17.0 Å². The maximum absolute atomic E-state index is 12.1. The molecule has 21 heteroatoms. The van der Waals surface area contributed by atoms with E-state index in [0.717, 1.165) is 32.3 Å². The minimum atomic E-state index is -0.996. The van der Waals surface area contributed by atoms with E-state index in [-0.39, 0.29) is 51.8 Å². The van der Waals surface area contributed by atoms with Crippen molar-refractivity contribution in [2.24, 2.45) is 28.2 Å². The number of nitrogens with zero attached hydrogens (tertiary/aromatic N) is 6. The van der Waals surface area contributed by atoms with Gasteiger partial charge in [0.1, 0.15) is 28.7 Å². The second kappa shape index (κ2) is 20.0. The Morgan fingerprint density at radius 1 is 0.862 bits per heavy atom. The fourth-order valence-electron chi connectivity index (χ4n) is 7.59. The average molecular weight is 951 g/mol. The van der Waals surface area contributed by atoms with Crippen molar-refractivity contribution in [3.63, 3.8) is 0 Å². The highest BCUT2D eigenvalue weighted by Crippen LogP contribution is 2.39. The van der Waals surface area contributed by atoms with Crippen molar-refractivity contribution in [2.75, 3.05) is 37.5 Å². The molecule has 0 bridgehead atoms. The van der Waals surface area contributed by atoms with E-state index in [9.17, 15) is 24.9 Å². The zero-order valence-corrected chi connectivity index (χ0v) is 38.7. The number of allylic oxidation sites excluding steroid dienone is 2. The van der Waals surface area contributed by atoms with Crippen LogP contribution in [-0.2, 0) is 9.47 Å². The molecule has 8 rings (SSSR count). The summed E-state index contributed by atoms with van der Waals surface area (Å²) in [7, 11) is -1.84. The molecule has 0 aliphatic carbocycles. The Kier molecular flexibility index (Phi) is 14.9. The lowest BCUT2D eigenvalue weighted by Gasteiger charge is -2.29. The number of primary amides is 2. The summed E-state index contributed by atoms with van der Waals surface area (Å²) in [5.41, 5.74) is 20.5. The average Bonchev–Trinajstić information content (AvgIpc) is 3.87. The molecule has 2 saturated heterocycles. The lowest BCUT2D eigenvalue weighted by atomic mass is 9.63. The van der Waals surface area contributed by atoms with Crippen molar-refractivity contribution < 1.29 is 38.4 Å². The van der Waals surface area contributed by atoms with Crippen LogP contribution < -0.4 is 31.8 Å². The number of amides is 2. The molecule has 9 N–H and O–H groups in total. The van der Waals surface area contributed by atoms with E-state index in [1.165, 1.54) is 10.9 Å². The number of nitriles is 1. The molecule has 65 heavy (non-hydrogen) atoms. The Morgan fingerprint density at radius 2 is 1.40 bits per heavy atom. The van der Waals surface area contributed by atoms with E-state index in [2.05, 4.69) is 63.1 Å². The van der Waals surface area contributed by atoms with Crippen molar-refractivity contribution in [1.29, 1.82) is 5.26 Å². The van der Waals surface area contributed by atoms with Gasteiger partial charge < -0.3 is 56.2 Å². The second-order valence-corrected chi connectivity index (χ2v) is 18.9. The predicted octanol–water partition coefficient (Wildman–Crippen LogP) is 5.77. The zero-order chi connectivity index (χ0) is 47.4. The molecule has 4 atom stereocenters. The molecule has 4 aliphatic rings. The number of hydrogen-bond acceptors (Lipinski definition) is 13. The number of halogens is 1. The molecule has 2 aromatic heterocycles. The number of nitrogen functional groups attached to an aromatic ring is 1. The number of aromatic nitrogens is 4. The van der Waals surface area contributed by atoms with Gasteiger partial charge in [-0.15, -0.1) is 0 Å². The minimum Gasteiger partial charge on any atom is -0.532 e. The third kappa shape index (κ3) is 11.4. The number of nitrogens with two attached hydrogens (primary N) is 3. The van der Waals surface area contributed by atoms with Gasteiger partial charge in [-0.05, 0) is 64.6 Å². The van der Waals surface area contributed by atoms with Gasteiger partial charge in [-0.3, -0.25) is 19.0 Å². The molecule has 0 spiro atoms. The van der Waals surface area contributed by atoms with E-state index in [1.54, 1.807) is 23.0 Å². The summed E-state index contributed by atoms with van der Waals surface area (Å²) in [6.45, 7) is 21.2. The molecule has 2 unspecified atom stereocenters. The van der Waals surface area contributed by atoms with E-state index < -0.39 is 26.1 Å². The number of rotatable bonds is 6. The molecule has 4 aliphatic heterocycles. The van der Waals surface area contributed by atoms with Gasteiger partial charge in [0.25, 0.3) is 11.8 Å². The van der Waals surface area contributed by atoms with E-state index in [0.29, 0.717) is 56.5 Å². The largest absolute Gasteiger partial charge is 0.556 e. The van der Waals surface area contributed by atoms with Crippen molar-refractivity contribution >= 4 is 71.5 Å². The number of fused-ring (bicyclic) bond motifs is 2. The van der Waals surface area contributed by atoms with E-state index in [4.69, 9.17) is 42.6 Å². The predicted molar refractivity (Wildman–Crippen MR) is 250 cm³/mol. The smallest absolute Gasteiger partial charge is 0.532 e. The first-order chi connectivity index (χ1) is 30.7. The molecule has 2 amide bonds. The van der Waals surface area contributed by atoms with Crippen molar-refractivity contribution in [2.45, 2.75) is 72.5 Å². The number of benzene rings is 2. The first-order valence-electron chi connectivity index (χ1n) is 21.0. The summed E-state index contributed by atoms with van der Waals surface area (Å²) in [6, 6.07) is 12.7. The van der Waals surface area contributed by atoms with Gasteiger partial charge in [-0.2, -0.15) is 15.5 Å².